The Morgan fingerprint density at radius 1 is 0.787 bits per heavy atom. The lowest BCUT2D eigenvalue weighted by Gasteiger charge is -2.72. The van der Waals surface area contributed by atoms with Crippen molar-refractivity contribution in [1.82, 2.24) is 10.6 Å². The standard InChI is InChI=1S/C53H78N2O6/c1-32(2)41-37(56)31-53(54-44(58)52(23-16-24-52)55-45(59)61-46(3,4)5)28-27-50(11)35(42(41)53)19-20-39-49(10)25-22-40(48(8,9)38(49)21-26-51(39,50)12)60-43(57)36-30-34(47(36,6)7)29-33-17-14-13-15-18-33/h13-15,17-18,32,34-36,38-40H,16,19-31H2,1-12H3,(H,54,58)(H,55,59)/t34-,35-,36-,38+,39-,40+,49+,50-,51-,53-/m1/s1. The molecule has 8 rings (SSSR count). The van der Waals surface area contributed by atoms with E-state index in [4.69, 9.17) is 9.47 Å². The van der Waals surface area contributed by atoms with Gasteiger partial charge in [-0.1, -0.05) is 92.6 Å². The van der Waals surface area contributed by atoms with E-state index in [9.17, 15) is 19.2 Å². The highest BCUT2D eigenvalue weighted by molar-refractivity contribution is 6.03. The molecule has 6 saturated carbocycles. The molecule has 8 heteroatoms. The van der Waals surface area contributed by atoms with Crippen molar-refractivity contribution in [3.05, 3.63) is 47.0 Å². The number of carbonyl (C=O) groups excluding carboxylic acids is 4. The molecule has 1 aromatic carbocycles. The maximum Gasteiger partial charge on any atom is 0.408 e. The zero-order valence-corrected chi connectivity index (χ0v) is 39.8. The number of amides is 2. The second-order valence-corrected chi connectivity index (χ2v) is 24.6. The van der Waals surface area contributed by atoms with Crippen molar-refractivity contribution in [3.8, 4) is 0 Å². The number of fused-ring (bicyclic) bond motifs is 7. The second kappa shape index (κ2) is 14.7. The van der Waals surface area contributed by atoms with Crippen LogP contribution in [0, 0.1) is 62.6 Å². The predicted molar refractivity (Wildman–Crippen MR) is 239 cm³/mol. The zero-order valence-electron chi connectivity index (χ0n) is 39.8. The van der Waals surface area contributed by atoms with Crippen LogP contribution in [0.2, 0.25) is 0 Å². The van der Waals surface area contributed by atoms with Gasteiger partial charge in [0.1, 0.15) is 17.2 Å². The lowest BCUT2D eigenvalue weighted by atomic mass is 9.33. The monoisotopic (exact) mass is 839 g/mol. The van der Waals surface area contributed by atoms with Crippen molar-refractivity contribution in [3.63, 3.8) is 0 Å². The molecular weight excluding hydrogens is 761 g/mol. The number of ketones is 1. The Balaban J connectivity index is 1.01. The maximum absolute atomic E-state index is 14.5. The Labute approximate surface area is 367 Å². The number of esters is 1. The van der Waals surface area contributed by atoms with Crippen molar-refractivity contribution in [2.45, 2.75) is 196 Å². The first-order chi connectivity index (χ1) is 28.3. The fourth-order valence-corrected chi connectivity index (χ4v) is 15.6. The van der Waals surface area contributed by atoms with Crippen LogP contribution in [0.3, 0.4) is 0 Å². The molecule has 8 nitrogen and oxygen atoms in total. The predicted octanol–water partition coefficient (Wildman–Crippen LogP) is 11.1. The van der Waals surface area contributed by atoms with Crippen LogP contribution >= 0.6 is 0 Å². The normalized spacial score (nSPS) is 39.3. The first kappa shape index (κ1) is 44.4. The van der Waals surface area contributed by atoms with E-state index in [0.717, 1.165) is 76.2 Å². The summed E-state index contributed by atoms with van der Waals surface area (Å²) in [6.45, 7) is 26.8. The highest BCUT2D eigenvalue weighted by Gasteiger charge is 2.71. The summed E-state index contributed by atoms with van der Waals surface area (Å²) < 4.78 is 12.3. The Morgan fingerprint density at radius 3 is 2.08 bits per heavy atom. The topological polar surface area (TPSA) is 111 Å². The van der Waals surface area contributed by atoms with Crippen LogP contribution in [0.25, 0.3) is 0 Å². The van der Waals surface area contributed by atoms with E-state index in [0.29, 0.717) is 37.0 Å². The highest BCUT2D eigenvalue weighted by Crippen LogP contribution is 2.76. The Kier molecular flexibility index (Phi) is 10.7. The number of nitrogens with one attached hydrogen (secondary N) is 2. The van der Waals surface area contributed by atoms with Crippen LogP contribution in [0.15, 0.2) is 41.5 Å². The number of allylic oxidation sites excluding steroid dienone is 1. The zero-order chi connectivity index (χ0) is 44.3. The van der Waals surface area contributed by atoms with Gasteiger partial charge in [-0.25, -0.2) is 4.79 Å². The number of hydrogen-bond acceptors (Lipinski definition) is 6. The van der Waals surface area contributed by atoms with E-state index < -0.39 is 22.8 Å². The van der Waals surface area contributed by atoms with Gasteiger partial charge in [-0.05, 0) is 172 Å². The average molecular weight is 839 g/mol. The molecule has 0 bridgehead atoms. The third-order valence-corrected chi connectivity index (χ3v) is 19.4. The Morgan fingerprint density at radius 2 is 1.48 bits per heavy atom. The Hall–Kier alpha value is -3.16. The van der Waals surface area contributed by atoms with Crippen LogP contribution in [0.1, 0.15) is 172 Å². The molecule has 0 saturated heterocycles. The molecule has 7 aliphatic rings. The molecule has 1 aromatic rings. The SMILES string of the molecule is CC(C)C1=C2[C@H]3CC[C@@H]4[C@@]5(C)CC[C@H](OC(=O)[C@H]6C[C@@H](Cc7ccccc7)C6(C)C)C(C)(C)[C@@H]5CC[C@@]4(C)[C@]3(C)CC[C@@]2(NC(=O)C2(NC(=O)OC(C)(C)C)CCC2)CC1=O. The molecule has 0 spiro atoms. The van der Waals surface area contributed by atoms with Crippen LogP contribution in [-0.4, -0.2) is 46.5 Å². The minimum atomic E-state index is -1.03. The van der Waals surface area contributed by atoms with E-state index in [1.54, 1.807) is 0 Å². The molecule has 61 heavy (non-hydrogen) atoms. The first-order valence-corrected chi connectivity index (χ1v) is 24.2. The van der Waals surface area contributed by atoms with E-state index >= 15 is 0 Å². The Bertz CT molecular complexity index is 1970. The van der Waals surface area contributed by atoms with Gasteiger partial charge in [0.15, 0.2) is 5.78 Å². The quantitative estimate of drug-likeness (QED) is 0.252. The fraction of sp³-hybridized carbons (Fsp3) is 0.774. The number of carbonyl (C=O) groups is 4. The van der Waals surface area contributed by atoms with E-state index in [1.807, 2.05) is 20.8 Å². The maximum atomic E-state index is 14.5. The molecule has 10 atom stereocenters. The molecule has 2 N–H and O–H groups in total. The minimum absolute atomic E-state index is 0.00614. The summed E-state index contributed by atoms with van der Waals surface area (Å²) in [5, 5.41) is 6.52. The molecule has 6 fully saturated rings. The summed E-state index contributed by atoms with van der Waals surface area (Å²) >= 11 is 0. The summed E-state index contributed by atoms with van der Waals surface area (Å²) in [7, 11) is 0. The number of Topliss-reactive ketones (excluding diaryl/α,β-unsaturated/α-hetero) is 1. The van der Waals surface area contributed by atoms with Crippen molar-refractivity contribution in [2.75, 3.05) is 0 Å². The van der Waals surface area contributed by atoms with Crippen molar-refractivity contribution in [1.29, 1.82) is 0 Å². The third kappa shape index (κ3) is 6.86. The van der Waals surface area contributed by atoms with Crippen LogP contribution < -0.4 is 10.6 Å². The molecule has 0 aromatic heterocycles. The van der Waals surface area contributed by atoms with Crippen LogP contribution in [-0.2, 0) is 30.3 Å². The molecule has 336 valence electrons. The fourth-order valence-electron chi connectivity index (χ4n) is 15.6. The van der Waals surface area contributed by atoms with E-state index in [2.05, 4.69) is 103 Å². The summed E-state index contributed by atoms with van der Waals surface area (Å²) in [5.41, 5.74) is 0.875. The van der Waals surface area contributed by atoms with Crippen molar-refractivity contribution in [2.24, 2.45) is 62.6 Å². The van der Waals surface area contributed by atoms with E-state index in [-0.39, 0.29) is 68.6 Å². The smallest absolute Gasteiger partial charge is 0.408 e. The molecule has 0 unspecified atom stereocenters. The number of hydrogen-bond donors (Lipinski definition) is 2. The number of rotatable bonds is 8. The van der Waals surface area contributed by atoms with Gasteiger partial charge in [0.05, 0.1) is 11.5 Å². The number of benzene rings is 1. The van der Waals surface area contributed by atoms with Gasteiger partial charge in [0, 0.05) is 11.8 Å². The van der Waals surface area contributed by atoms with Crippen molar-refractivity contribution >= 4 is 23.8 Å². The van der Waals surface area contributed by atoms with Gasteiger partial charge in [-0.3, -0.25) is 14.4 Å². The van der Waals surface area contributed by atoms with Gasteiger partial charge >= 0.3 is 12.1 Å². The molecule has 7 aliphatic carbocycles. The van der Waals surface area contributed by atoms with Gasteiger partial charge in [0.25, 0.3) is 0 Å². The minimum Gasteiger partial charge on any atom is -0.462 e. The average Bonchev–Trinajstić information content (AvgIpc) is 3.44. The number of ether oxygens (including phenoxy) is 2. The molecule has 0 heterocycles. The third-order valence-electron chi connectivity index (χ3n) is 19.4. The molecule has 0 aliphatic heterocycles. The summed E-state index contributed by atoms with van der Waals surface area (Å²) in [6, 6.07) is 10.7. The lowest BCUT2D eigenvalue weighted by molar-refractivity contribution is -0.235. The summed E-state index contributed by atoms with van der Waals surface area (Å²) in [6.07, 6.45) is 11.4. The largest absolute Gasteiger partial charge is 0.462 e. The molecular formula is C53H78N2O6. The highest BCUT2D eigenvalue weighted by atomic mass is 16.6. The number of alkyl carbamates (subject to hydrolysis) is 1. The summed E-state index contributed by atoms with van der Waals surface area (Å²) in [4.78, 5) is 55.9. The molecule has 2 amide bonds. The van der Waals surface area contributed by atoms with Crippen LogP contribution in [0.5, 0.6) is 0 Å². The second-order valence-electron chi connectivity index (χ2n) is 24.6. The van der Waals surface area contributed by atoms with Gasteiger partial charge in [-0.15, -0.1) is 0 Å². The summed E-state index contributed by atoms with van der Waals surface area (Å²) in [5.74, 6) is 1.58. The van der Waals surface area contributed by atoms with Crippen molar-refractivity contribution < 1.29 is 28.7 Å². The van der Waals surface area contributed by atoms with Gasteiger partial charge in [-0.2, -0.15) is 0 Å². The lowest BCUT2D eigenvalue weighted by Crippen LogP contribution is -2.70. The van der Waals surface area contributed by atoms with Crippen LogP contribution in [0.4, 0.5) is 4.79 Å². The first-order valence-electron chi connectivity index (χ1n) is 24.2. The van der Waals surface area contributed by atoms with E-state index in [1.165, 1.54) is 11.1 Å². The van der Waals surface area contributed by atoms with Gasteiger partial charge in [0.2, 0.25) is 5.91 Å². The molecule has 0 radical (unpaired) electrons. The van der Waals surface area contributed by atoms with Gasteiger partial charge < -0.3 is 20.1 Å².